The lowest BCUT2D eigenvalue weighted by Crippen LogP contribution is -2.44. The van der Waals surface area contributed by atoms with E-state index in [9.17, 15) is 9.59 Å². The molecule has 0 fully saturated rings. The van der Waals surface area contributed by atoms with Gasteiger partial charge in [0, 0.05) is 6.08 Å². The van der Waals surface area contributed by atoms with E-state index in [1.807, 2.05) is 34.6 Å². The van der Waals surface area contributed by atoms with E-state index in [-0.39, 0.29) is 17.8 Å². The quantitative estimate of drug-likeness (QED) is 0.572. The summed E-state index contributed by atoms with van der Waals surface area (Å²) in [6.07, 6.45) is 2.25. The molecule has 1 atom stereocenters. The van der Waals surface area contributed by atoms with Crippen molar-refractivity contribution >= 4 is 11.9 Å². The molecule has 0 aliphatic heterocycles. The Morgan fingerprint density at radius 3 is 2.29 bits per heavy atom. The first-order chi connectivity index (χ1) is 7.88. The zero-order chi connectivity index (χ0) is 13.4. The van der Waals surface area contributed by atoms with E-state index in [0.717, 1.165) is 12.0 Å². The molecule has 1 N–H and O–H groups in total. The molecule has 0 heterocycles. The van der Waals surface area contributed by atoms with Gasteiger partial charge in [0.05, 0.1) is 6.61 Å². The van der Waals surface area contributed by atoms with Gasteiger partial charge >= 0.3 is 5.97 Å². The number of carbonyl (C=O) groups excluding carboxylic acids is 2. The van der Waals surface area contributed by atoms with Gasteiger partial charge in [-0.3, -0.25) is 4.79 Å². The molecule has 4 nitrogen and oxygen atoms in total. The lowest BCUT2D eigenvalue weighted by Gasteiger charge is -2.20. The van der Waals surface area contributed by atoms with E-state index >= 15 is 0 Å². The highest BCUT2D eigenvalue weighted by atomic mass is 16.5. The molecule has 0 aliphatic carbocycles. The van der Waals surface area contributed by atoms with Crippen LogP contribution in [0.3, 0.4) is 0 Å². The molecule has 0 saturated heterocycles. The molecule has 0 aromatic carbocycles. The summed E-state index contributed by atoms with van der Waals surface area (Å²) in [7, 11) is 0. The smallest absolute Gasteiger partial charge is 0.328 e. The first-order valence-electron chi connectivity index (χ1n) is 6.00. The van der Waals surface area contributed by atoms with Crippen LogP contribution in [0.4, 0.5) is 0 Å². The van der Waals surface area contributed by atoms with E-state index in [2.05, 4.69) is 5.32 Å². The van der Waals surface area contributed by atoms with Crippen molar-refractivity contribution in [3.63, 3.8) is 0 Å². The van der Waals surface area contributed by atoms with Gasteiger partial charge in [0.1, 0.15) is 6.04 Å². The molecule has 17 heavy (non-hydrogen) atoms. The predicted molar refractivity (Wildman–Crippen MR) is 67.4 cm³/mol. The number of rotatable bonds is 6. The van der Waals surface area contributed by atoms with Gasteiger partial charge < -0.3 is 10.1 Å². The van der Waals surface area contributed by atoms with E-state index in [4.69, 9.17) is 4.74 Å². The zero-order valence-electron chi connectivity index (χ0n) is 11.4. The van der Waals surface area contributed by atoms with Crippen LogP contribution in [-0.2, 0) is 14.3 Å². The topological polar surface area (TPSA) is 55.4 Å². The molecule has 0 aromatic heterocycles. The summed E-state index contributed by atoms with van der Waals surface area (Å²) in [5, 5.41) is 2.67. The molecule has 4 heteroatoms. The zero-order valence-corrected chi connectivity index (χ0v) is 11.4. The van der Waals surface area contributed by atoms with Gasteiger partial charge in [0.15, 0.2) is 0 Å². The average Bonchev–Trinajstić information content (AvgIpc) is 2.21. The van der Waals surface area contributed by atoms with Gasteiger partial charge in [0.2, 0.25) is 5.91 Å². The van der Waals surface area contributed by atoms with Crippen LogP contribution in [0.25, 0.3) is 0 Å². The summed E-state index contributed by atoms with van der Waals surface area (Å²) < 4.78 is 5.05. The van der Waals surface area contributed by atoms with Gasteiger partial charge in [-0.2, -0.15) is 0 Å². The van der Waals surface area contributed by atoms with Crippen LogP contribution in [0.15, 0.2) is 11.6 Å². The number of esters is 1. The molecule has 0 radical (unpaired) electrons. The Morgan fingerprint density at radius 2 is 1.88 bits per heavy atom. The number of carbonyl (C=O) groups is 2. The maximum Gasteiger partial charge on any atom is 0.328 e. The summed E-state index contributed by atoms with van der Waals surface area (Å²) >= 11 is 0. The van der Waals surface area contributed by atoms with Crippen LogP contribution in [0, 0.1) is 5.92 Å². The van der Waals surface area contributed by atoms with Gasteiger partial charge in [-0.05, 0) is 26.2 Å². The molecule has 98 valence electrons. The van der Waals surface area contributed by atoms with Crippen LogP contribution >= 0.6 is 0 Å². The fourth-order valence-corrected chi connectivity index (χ4v) is 1.25. The summed E-state index contributed by atoms with van der Waals surface area (Å²) in [4.78, 5) is 23.3. The van der Waals surface area contributed by atoms with Crippen molar-refractivity contribution in [2.75, 3.05) is 6.61 Å². The molecule has 1 unspecified atom stereocenters. The minimum atomic E-state index is -0.579. The minimum absolute atomic E-state index is 0.00821. The maximum absolute atomic E-state index is 11.7. The van der Waals surface area contributed by atoms with E-state index < -0.39 is 6.04 Å². The molecule has 1 amide bonds. The molecule has 0 rings (SSSR count). The molecular weight excluding hydrogens is 218 g/mol. The van der Waals surface area contributed by atoms with Crippen molar-refractivity contribution in [3.8, 4) is 0 Å². The van der Waals surface area contributed by atoms with Gasteiger partial charge in [0.25, 0.3) is 0 Å². The highest BCUT2D eigenvalue weighted by Gasteiger charge is 2.24. The Morgan fingerprint density at radius 1 is 1.29 bits per heavy atom. The van der Waals surface area contributed by atoms with E-state index in [0.29, 0.717) is 6.61 Å². The molecule has 0 aliphatic rings. The van der Waals surface area contributed by atoms with Crippen LogP contribution in [0.2, 0.25) is 0 Å². The number of hydrogen-bond donors (Lipinski definition) is 1. The van der Waals surface area contributed by atoms with Crippen molar-refractivity contribution < 1.29 is 14.3 Å². The van der Waals surface area contributed by atoms with Gasteiger partial charge in [-0.15, -0.1) is 0 Å². The van der Waals surface area contributed by atoms with Crippen LogP contribution in [0.5, 0.6) is 0 Å². The number of allylic oxidation sites excluding steroid dienone is 1. The summed E-state index contributed by atoms with van der Waals surface area (Å²) in [5.41, 5.74) is 0.895. The third-order valence-electron chi connectivity index (χ3n) is 2.09. The fourth-order valence-electron chi connectivity index (χ4n) is 1.25. The van der Waals surface area contributed by atoms with Crippen LogP contribution in [0.1, 0.15) is 41.0 Å². The SMILES string of the molecule is CCCOC(=O)C(NC(=O)C=C(C)C)C(C)C. The second-order valence-corrected chi connectivity index (χ2v) is 4.62. The Hall–Kier alpha value is -1.32. The highest BCUT2D eigenvalue weighted by Crippen LogP contribution is 2.05. The second-order valence-electron chi connectivity index (χ2n) is 4.62. The van der Waals surface area contributed by atoms with Crippen molar-refractivity contribution in [2.45, 2.75) is 47.1 Å². The summed E-state index contributed by atoms with van der Waals surface area (Å²) in [5.74, 6) is -0.608. The number of nitrogens with one attached hydrogen (secondary N) is 1. The van der Waals surface area contributed by atoms with Crippen molar-refractivity contribution in [1.29, 1.82) is 0 Å². The predicted octanol–water partition coefficient (Wildman–Crippen LogP) is 2.05. The summed E-state index contributed by atoms with van der Waals surface area (Å²) in [6, 6.07) is -0.579. The Bertz CT molecular complexity index is 291. The largest absolute Gasteiger partial charge is 0.464 e. The third-order valence-corrected chi connectivity index (χ3v) is 2.09. The van der Waals surface area contributed by atoms with Gasteiger partial charge in [-0.1, -0.05) is 26.3 Å². The van der Waals surface area contributed by atoms with Crippen LogP contribution < -0.4 is 5.32 Å². The first kappa shape index (κ1) is 15.7. The van der Waals surface area contributed by atoms with Crippen LogP contribution in [-0.4, -0.2) is 24.5 Å². The second kappa shape index (κ2) is 7.87. The Kier molecular flexibility index (Phi) is 7.26. The van der Waals surface area contributed by atoms with Gasteiger partial charge in [-0.25, -0.2) is 4.79 Å². The summed E-state index contributed by atoms with van der Waals surface area (Å²) in [6.45, 7) is 9.74. The van der Waals surface area contributed by atoms with Crippen molar-refractivity contribution in [3.05, 3.63) is 11.6 Å². The Labute approximate surface area is 103 Å². The minimum Gasteiger partial charge on any atom is -0.464 e. The molecule has 0 saturated carbocycles. The van der Waals surface area contributed by atoms with E-state index in [1.54, 1.807) is 0 Å². The lowest BCUT2D eigenvalue weighted by atomic mass is 10.0. The maximum atomic E-state index is 11.7. The highest BCUT2D eigenvalue weighted by molar-refractivity contribution is 5.92. The third kappa shape index (κ3) is 6.76. The number of amides is 1. The fraction of sp³-hybridized carbons (Fsp3) is 0.692. The molecule has 0 bridgehead atoms. The van der Waals surface area contributed by atoms with Crippen molar-refractivity contribution in [1.82, 2.24) is 5.32 Å². The average molecular weight is 241 g/mol. The van der Waals surface area contributed by atoms with Crippen molar-refractivity contribution in [2.24, 2.45) is 5.92 Å². The number of hydrogen-bond acceptors (Lipinski definition) is 3. The Balaban J connectivity index is 4.49. The lowest BCUT2D eigenvalue weighted by molar-refractivity contribution is -0.148. The standard InChI is InChI=1S/C13H23NO3/c1-6-7-17-13(16)12(10(4)5)14-11(15)8-9(2)3/h8,10,12H,6-7H2,1-5H3,(H,14,15). The normalized spacial score (nSPS) is 11.9. The first-order valence-corrected chi connectivity index (χ1v) is 6.00. The number of ether oxygens (including phenoxy) is 1. The molecule has 0 spiro atoms. The molecular formula is C13H23NO3. The van der Waals surface area contributed by atoms with E-state index in [1.165, 1.54) is 6.08 Å². The monoisotopic (exact) mass is 241 g/mol. The molecule has 0 aromatic rings.